The minimum absolute atomic E-state index is 0.215. The van der Waals surface area contributed by atoms with Gasteiger partial charge in [-0.25, -0.2) is 8.78 Å². The van der Waals surface area contributed by atoms with Crippen LogP contribution < -0.4 is 0 Å². The Bertz CT molecular complexity index is 518. The molecule has 3 rings (SSSR count). The first-order chi connectivity index (χ1) is 11.6. The van der Waals surface area contributed by atoms with Gasteiger partial charge in [-0.1, -0.05) is 6.07 Å². The molecule has 24 heavy (non-hydrogen) atoms. The molecule has 0 aliphatic carbocycles. The monoisotopic (exact) mass is 340 g/mol. The van der Waals surface area contributed by atoms with Gasteiger partial charge in [0.1, 0.15) is 11.6 Å². The van der Waals surface area contributed by atoms with E-state index < -0.39 is 17.7 Å². The van der Waals surface area contributed by atoms with Crippen LogP contribution in [0.1, 0.15) is 24.5 Å². The first kappa shape index (κ1) is 17.7. The largest absolute Gasteiger partial charge is 0.387 e. The van der Waals surface area contributed by atoms with Crippen LogP contribution in [-0.4, -0.2) is 67.4 Å². The van der Waals surface area contributed by atoms with E-state index in [0.717, 1.165) is 58.8 Å². The van der Waals surface area contributed by atoms with Crippen LogP contribution in [0.2, 0.25) is 0 Å². The molecule has 0 saturated carbocycles. The van der Waals surface area contributed by atoms with Crippen molar-refractivity contribution in [3.63, 3.8) is 0 Å². The molecule has 2 saturated heterocycles. The number of likely N-dealkylation sites (tertiary alicyclic amines) is 1. The van der Waals surface area contributed by atoms with Crippen LogP contribution >= 0.6 is 0 Å². The number of hydrogen-bond donors (Lipinski definition) is 1. The molecule has 134 valence electrons. The van der Waals surface area contributed by atoms with Gasteiger partial charge in [-0.15, -0.1) is 0 Å². The van der Waals surface area contributed by atoms with Crippen molar-refractivity contribution in [2.24, 2.45) is 5.92 Å². The van der Waals surface area contributed by atoms with Crippen molar-refractivity contribution in [1.82, 2.24) is 9.80 Å². The number of aliphatic hydroxyl groups is 1. The number of hydrogen-bond acceptors (Lipinski definition) is 4. The zero-order valence-corrected chi connectivity index (χ0v) is 14.0. The number of morpholine rings is 1. The molecule has 2 unspecified atom stereocenters. The average Bonchev–Trinajstić information content (AvgIpc) is 2.56. The first-order valence-electron chi connectivity index (χ1n) is 8.78. The summed E-state index contributed by atoms with van der Waals surface area (Å²) in [5, 5.41) is 10.3. The summed E-state index contributed by atoms with van der Waals surface area (Å²) in [6.07, 6.45) is 1.09. The highest BCUT2D eigenvalue weighted by molar-refractivity contribution is 5.22. The molecule has 2 fully saturated rings. The standard InChI is InChI=1S/C18H26F2N2O2/c19-15-4-1-5-16(20)18(15)17(23)13-22-6-2-3-14(12-22)11-21-7-9-24-10-8-21/h1,4-5,14,17,23H,2-3,6-13H2. The number of piperidine rings is 1. The first-order valence-corrected chi connectivity index (χ1v) is 8.78. The van der Waals surface area contributed by atoms with E-state index in [0.29, 0.717) is 5.92 Å². The van der Waals surface area contributed by atoms with Crippen molar-refractivity contribution in [1.29, 1.82) is 0 Å². The lowest BCUT2D eigenvalue weighted by molar-refractivity contribution is 0.0184. The summed E-state index contributed by atoms with van der Waals surface area (Å²) in [4.78, 5) is 4.55. The number of halogens is 2. The fourth-order valence-electron chi connectivity index (χ4n) is 3.78. The molecule has 4 nitrogen and oxygen atoms in total. The van der Waals surface area contributed by atoms with Crippen LogP contribution in [0.15, 0.2) is 18.2 Å². The van der Waals surface area contributed by atoms with Gasteiger partial charge < -0.3 is 14.7 Å². The third-order valence-corrected chi connectivity index (χ3v) is 4.99. The summed E-state index contributed by atoms with van der Waals surface area (Å²) in [5.74, 6) is -0.816. The highest BCUT2D eigenvalue weighted by Gasteiger charge is 2.26. The number of ether oxygens (including phenoxy) is 1. The molecular formula is C18H26F2N2O2. The summed E-state index contributed by atoms with van der Waals surface area (Å²) in [6, 6.07) is 3.71. The van der Waals surface area contributed by atoms with Gasteiger partial charge in [0, 0.05) is 32.7 Å². The summed E-state index contributed by atoms with van der Waals surface area (Å²) in [5.41, 5.74) is -0.215. The topological polar surface area (TPSA) is 35.9 Å². The lowest BCUT2D eigenvalue weighted by Gasteiger charge is -2.37. The number of benzene rings is 1. The van der Waals surface area contributed by atoms with Gasteiger partial charge in [0.15, 0.2) is 0 Å². The Kier molecular flexibility index (Phi) is 6.16. The molecule has 2 aliphatic rings. The van der Waals surface area contributed by atoms with Crippen molar-refractivity contribution in [2.45, 2.75) is 18.9 Å². The van der Waals surface area contributed by atoms with Gasteiger partial charge in [0.05, 0.1) is 24.9 Å². The smallest absolute Gasteiger partial charge is 0.131 e. The van der Waals surface area contributed by atoms with Crippen LogP contribution in [-0.2, 0) is 4.74 Å². The summed E-state index contributed by atoms with van der Waals surface area (Å²) < 4.78 is 33.0. The molecule has 2 aliphatic heterocycles. The Balaban J connectivity index is 1.54. The van der Waals surface area contributed by atoms with Gasteiger partial charge in [-0.3, -0.25) is 4.90 Å². The van der Waals surface area contributed by atoms with E-state index in [4.69, 9.17) is 4.74 Å². The Morgan fingerprint density at radius 1 is 1.12 bits per heavy atom. The van der Waals surface area contributed by atoms with E-state index in [1.807, 2.05) is 0 Å². The minimum Gasteiger partial charge on any atom is -0.387 e. The van der Waals surface area contributed by atoms with E-state index in [2.05, 4.69) is 9.80 Å². The van der Waals surface area contributed by atoms with Crippen LogP contribution in [0.4, 0.5) is 8.78 Å². The molecule has 1 aromatic rings. The Hall–Kier alpha value is -1.08. The number of nitrogens with zero attached hydrogens (tertiary/aromatic N) is 2. The predicted octanol–water partition coefficient (Wildman–Crippen LogP) is 2.04. The van der Waals surface area contributed by atoms with Crippen LogP contribution in [0.3, 0.4) is 0 Å². The molecule has 6 heteroatoms. The molecule has 0 amide bonds. The van der Waals surface area contributed by atoms with E-state index >= 15 is 0 Å². The second-order valence-electron chi connectivity index (χ2n) is 6.83. The van der Waals surface area contributed by atoms with Crippen molar-refractivity contribution in [3.8, 4) is 0 Å². The lowest BCUT2D eigenvalue weighted by atomic mass is 9.96. The molecule has 1 aromatic carbocycles. The molecule has 2 atom stereocenters. The highest BCUT2D eigenvalue weighted by Crippen LogP contribution is 2.24. The van der Waals surface area contributed by atoms with E-state index in [1.165, 1.54) is 18.2 Å². The molecule has 2 heterocycles. The number of rotatable bonds is 5. The molecule has 0 spiro atoms. The van der Waals surface area contributed by atoms with Crippen molar-refractivity contribution in [2.75, 3.05) is 52.5 Å². The zero-order valence-electron chi connectivity index (χ0n) is 14.0. The summed E-state index contributed by atoms with van der Waals surface area (Å²) in [7, 11) is 0. The molecule has 0 aromatic heterocycles. The summed E-state index contributed by atoms with van der Waals surface area (Å²) >= 11 is 0. The SMILES string of the molecule is OC(CN1CCCC(CN2CCOCC2)C1)c1c(F)cccc1F. The average molecular weight is 340 g/mol. The summed E-state index contributed by atoms with van der Waals surface area (Å²) in [6.45, 7) is 6.57. The van der Waals surface area contributed by atoms with Crippen molar-refractivity contribution >= 4 is 0 Å². The Morgan fingerprint density at radius 2 is 1.83 bits per heavy atom. The lowest BCUT2D eigenvalue weighted by Crippen LogP contribution is -2.45. The normalized spacial score (nSPS) is 24.9. The Labute approximate surface area is 142 Å². The molecule has 1 N–H and O–H groups in total. The van der Waals surface area contributed by atoms with Crippen LogP contribution in [0.25, 0.3) is 0 Å². The van der Waals surface area contributed by atoms with Gasteiger partial charge in [-0.2, -0.15) is 0 Å². The minimum atomic E-state index is -1.13. The fraction of sp³-hybridized carbons (Fsp3) is 0.667. The molecule has 0 radical (unpaired) electrons. The van der Waals surface area contributed by atoms with Gasteiger partial charge in [0.25, 0.3) is 0 Å². The van der Waals surface area contributed by atoms with Crippen molar-refractivity contribution in [3.05, 3.63) is 35.4 Å². The second kappa shape index (κ2) is 8.34. The van der Waals surface area contributed by atoms with E-state index in [-0.39, 0.29) is 12.1 Å². The third kappa shape index (κ3) is 4.51. The van der Waals surface area contributed by atoms with Gasteiger partial charge in [-0.05, 0) is 37.4 Å². The predicted molar refractivity (Wildman–Crippen MR) is 87.7 cm³/mol. The fourth-order valence-corrected chi connectivity index (χ4v) is 3.78. The van der Waals surface area contributed by atoms with Gasteiger partial charge in [0.2, 0.25) is 0 Å². The van der Waals surface area contributed by atoms with Crippen LogP contribution in [0.5, 0.6) is 0 Å². The van der Waals surface area contributed by atoms with Crippen LogP contribution in [0, 0.1) is 17.6 Å². The second-order valence-corrected chi connectivity index (χ2v) is 6.83. The van der Waals surface area contributed by atoms with E-state index in [9.17, 15) is 13.9 Å². The van der Waals surface area contributed by atoms with E-state index in [1.54, 1.807) is 0 Å². The van der Waals surface area contributed by atoms with Crippen molar-refractivity contribution < 1.29 is 18.6 Å². The quantitative estimate of drug-likeness (QED) is 0.890. The molecular weight excluding hydrogens is 314 g/mol. The maximum absolute atomic E-state index is 13.8. The maximum Gasteiger partial charge on any atom is 0.131 e. The zero-order chi connectivity index (χ0) is 16.9. The number of β-amino-alcohol motifs (C(OH)–C–C–N with tert-alkyl or cyclic N) is 1. The maximum atomic E-state index is 13.8. The Morgan fingerprint density at radius 3 is 2.54 bits per heavy atom. The van der Waals surface area contributed by atoms with Gasteiger partial charge >= 0.3 is 0 Å². The molecule has 0 bridgehead atoms. The highest BCUT2D eigenvalue weighted by atomic mass is 19.1. The number of aliphatic hydroxyl groups excluding tert-OH is 1. The third-order valence-electron chi connectivity index (χ3n) is 4.99.